The highest BCUT2D eigenvalue weighted by molar-refractivity contribution is 7.91. The summed E-state index contributed by atoms with van der Waals surface area (Å²) in [6.07, 6.45) is 0.965. The van der Waals surface area contributed by atoms with Crippen molar-refractivity contribution in [1.82, 2.24) is 9.78 Å². The van der Waals surface area contributed by atoms with Gasteiger partial charge in [-0.3, -0.25) is 4.79 Å². The van der Waals surface area contributed by atoms with Gasteiger partial charge in [0.2, 0.25) is 24.5 Å². The first kappa shape index (κ1) is 21.9. The van der Waals surface area contributed by atoms with E-state index in [0.29, 0.717) is 5.69 Å². The Morgan fingerprint density at radius 3 is 2.40 bits per heavy atom. The van der Waals surface area contributed by atoms with Crippen LogP contribution in [0.5, 0.6) is 5.75 Å². The molecule has 0 aliphatic rings. The third-order valence-corrected chi connectivity index (χ3v) is 5.31. The molecule has 3 rings (SSSR count). The fourth-order valence-corrected chi connectivity index (χ4v) is 3.89. The molecule has 1 heterocycles. The maximum Gasteiger partial charge on any atom is 0.362 e. The third kappa shape index (κ3) is 4.37. The second kappa shape index (κ2) is 7.81. The van der Waals surface area contributed by atoms with Crippen LogP contribution >= 0.6 is 9.24 Å². The number of ether oxygens (including phenoxy) is 2. The van der Waals surface area contributed by atoms with E-state index in [2.05, 4.69) is 9.84 Å². The Kier molecular flexibility index (Phi) is 5.71. The number of hydrogen-bond donors (Lipinski definition) is 0. The van der Waals surface area contributed by atoms with Crippen LogP contribution < -0.4 is 10.2 Å². The van der Waals surface area contributed by atoms with Crippen molar-refractivity contribution >= 4 is 43.8 Å². The van der Waals surface area contributed by atoms with Crippen LogP contribution in [0.25, 0.3) is 16.6 Å². The van der Waals surface area contributed by atoms with Crippen molar-refractivity contribution in [3.05, 3.63) is 58.4 Å². The molecule has 0 amide bonds. The first-order chi connectivity index (χ1) is 13.9. The molecule has 12 heteroatoms. The quantitative estimate of drug-likeness (QED) is 0.325. The molecule has 2 unspecified atom stereocenters. The monoisotopic (exact) mass is 450 g/mol. The number of aromatic nitrogens is 2. The summed E-state index contributed by atoms with van der Waals surface area (Å²) in [5.74, 6) is -0.774. The van der Waals surface area contributed by atoms with Gasteiger partial charge in [0.25, 0.3) is 0 Å². The second-order valence-electron chi connectivity index (χ2n) is 6.59. The van der Waals surface area contributed by atoms with Crippen LogP contribution in [0.3, 0.4) is 0 Å². The van der Waals surface area contributed by atoms with Gasteiger partial charge in [-0.2, -0.15) is 5.10 Å². The SMILES string of the molecule is BC(F)(P)Oc1ccc(-n2nc(C(=O)OC)c(=O)c3c(S(C)(=O)=O)cccc32)cc1. The molecule has 0 fully saturated rings. The minimum atomic E-state index is -3.78. The summed E-state index contributed by atoms with van der Waals surface area (Å²) in [6, 6.07) is 10.2. The molecule has 156 valence electrons. The molecule has 0 spiro atoms. The highest BCUT2D eigenvalue weighted by atomic mass is 32.2. The van der Waals surface area contributed by atoms with Gasteiger partial charge in [0.05, 0.1) is 28.6 Å². The largest absolute Gasteiger partial charge is 0.464 e. The van der Waals surface area contributed by atoms with Crippen LogP contribution in [0.15, 0.2) is 52.2 Å². The summed E-state index contributed by atoms with van der Waals surface area (Å²) in [5, 5.41) is 3.90. The molecule has 0 aliphatic carbocycles. The fraction of sp³-hybridized carbons (Fsp3) is 0.167. The van der Waals surface area contributed by atoms with Crippen molar-refractivity contribution in [2.45, 2.75) is 10.4 Å². The van der Waals surface area contributed by atoms with Gasteiger partial charge >= 0.3 is 5.97 Å². The Labute approximate surface area is 174 Å². The first-order valence-corrected chi connectivity index (χ1v) is 11.0. The van der Waals surface area contributed by atoms with Crippen LogP contribution in [0.4, 0.5) is 4.39 Å². The average Bonchev–Trinajstić information content (AvgIpc) is 2.66. The van der Waals surface area contributed by atoms with Crippen LogP contribution in [-0.4, -0.2) is 50.9 Å². The molecular weight excluding hydrogens is 433 g/mol. The molecule has 0 N–H and O–H groups in total. The lowest BCUT2D eigenvalue weighted by atomic mass is 10.1. The number of fused-ring (bicyclic) bond motifs is 1. The van der Waals surface area contributed by atoms with Crippen molar-refractivity contribution in [2.24, 2.45) is 0 Å². The summed E-state index contributed by atoms with van der Waals surface area (Å²) in [5.41, 5.74) is -2.84. The molecule has 0 saturated carbocycles. The zero-order valence-electron chi connectivity index (χ0n) is 16.2. The summed E-state index contributed by atoms with van der Waals surface area (Å²) in [4.78, 5) is 24.8. The predicted octanol–water partition coefficient (Wildman–Crippen LogP) is 1.04. The van der Waals surface area contributed by atoms with Crippen LogP contribution in [0, 0.1) is 0 Å². The van der Waals surface area contributed by atoms with Crippen LogP contribution in [0.1, 0.15) is 10.5 Å². The minimum absolute atomic E-state index is 0.172. The van der Waals surface area contributed by atoms with Gasteiger partial charge < -0.3 is 9.47 Å². The van der Waals surface area contributed by atoms with Gasteiger partial charge in [-0.05, 0) is 36.4 Å². The molecule has 1 aromatic heterocycles. The maximum atomic E-state index is 13.7. The number of carbonyl (C=O) groups is 1. The number of esters is 1. The third-order valence-electron chi connectivity index (χ3n) is 4.05. The number of sulfone groups is 1. The first-order valence-electron chi connectivity index (χ1n) is 8.54. The molecule has 0 aliphatic heterocycles. The van der Waals surface area contributed by atoms with Crippen molar-refractivity contribution in [2.75, 3.05) is 13.4 Å². The van der Waals surface area contributed by atoms with E-state index in [-0.39, 0.29) is 21.5 Å². The number of methoxy groups -OCH3 is 1. The molecule has 8 nitrogen and oxygen atoms in total. The van der Waals surface area contributed by atoms with Crippen LogP contribution in [-0.2, 0) is 14.6 Å². The van der Waals surface area contributed by atoms with E-state index in [9.17, 15) is 22.4 Å². The molecule has 3 aromatic rings. The van der Waals surface area contributed by atoms with Gasteiger partial charge in [0, 0.05) is 6.26 Å². The lowest BCUT2D eigenvalue weighted by Gasteiger charge is -2.18. The number of hydrogen-bond acceptors (Lipinski definition) is 7. The zero-order chi connectivity index (χ0) is 22.3. The number of carbonyl (C=O) groups excluding carboxylic acids is 1. The topological polar surface area (TPSA) is 105 Å². The van der Waals surface area contributed by atoms with Crippen LogP contribution in [0.2, 0.25) is 0 Å². The summed E-state index contributed by atoms with van der Waals surface area (Å²) >= 11 is 0. The Morgan fingerprint density at radius 2 is 1.87 bits per heavy atom. The van der Waals surface area contributed by atoms with E-state index in [1.807, 2.05) is 9.24 Å². The smallest absolute Gasteiger partial charge is 0.362 e. The Bertz CT molecular complexity index is 1300. The van der Waals surface area contributed by atoms with Crippen molar-refractivity contribution in [3.63, 3.8) is 0 Å². The maximum absolute atomic E-state index is 13.7. The molecule has 0 bridgehead atoms. The Balaban J connectivity index is 2.33. The van der Waals surface area contributed by atoms with Crippen molar-refractivity contribution in [3.8, 4) is 11.4 Å². The van der Waals surface area contributed by atoms with Gasteiger partial charge in [-0.25, -0.2) is 22.3 Å². The van der Waals surface area contributed by atoms with E-state index >= 15 is 0 Å². The number of nitrogens with zero attached hydrogens (tertiary/aromatic N) is 2. The summed E-state index contributed by atoms with van der Waals surface area (Å²) in [7, 11) is 0.434. The normalized spacial score (nSPS) is 13.6. The van der Waals surface area contributed by atoms with Crippen molar-refractivity contribution < 1.29 is 27.1 Å². The van der Waals surface area contributed by atoms with E-state index in [4.69, 9.17) is 4.74 Å². The zero-order valence-corrected chi connectivity index (χ0v) is 18.2. The fourth-order valence-electron chi connectivity index (χ4n) is 2.86. The summed E-state index contributed by atoms with van der Waals surface area (Å²) < 4.78 is 49.1. The highest BCUT2D eigenvalue weighted by Gasteiger charge is 2.24. The number of alkyl halides is 1. The Morgan fingerprint density at radius 1 is 1.23 bits per heavy atom. The van der Waals surface area contributed by atoms with E-state index in [1.165, 1.54) is 55.0 Å². The molecular formula is C18H17BFN2O6PS. The predicted molar refractivity (Wildman–Crippen MR) is 115 cm³/mol. The van der Waals surface area contributed by atoms with Gasteiger partial charge in [-0.1, -0.05) is 15.3 Å². The summed E-state index contributed by atoms with van der Waals surface area (Å²) in [6.45, 7) is 0. The average molecular weight is 450 g/mol. The number of halogens is 1. The molecule has 0 radical (unpaired) electrons. The van der Waals surface area contributed by atoms with Crippen molar-refractivity contribution in [1.29, 1.82) is 0 Å². The molecule has 2 atom stereocenters. The molecule has 0 saturated heterocycles. The Hall–Kier alpha value is -2.78. The van der Waals surface area contributed by atoms with Gasteiger partial charge in [-0.15, -0.1) is 0 Å². The molecule has 2 aromatic carbocycles. The standard InChI is InChI=1S/C18H17BFN2O6PS/c1-27-17(24)15-16(23)14-12(4-3-5-13(14)30(2,25)26)22(21-15)10-6-8-11(9-7-10)28-18(19,20)29/h3-9H,19,29H2,1-2H3. The lowest BCUT2D eigenvalue weighted by molar-refractivity contribution is 0.0590. The molecule has 30 heavy (non-hydrogen) atoms. The minimum Gasteiger partial charge on any atom is -0.464 e. The number of rotatable bonds is 5. The lowest BCUT2D eigenvalue weighted by Crippen LogP contribution is -2.25. The highest BCUT2D eigenvalue weighted by Crippen LogP contribution is 2.26. The van der Waals surface area contributed by atoms with Gasteiger partial charge in [0.15, 0.2) is 9.84 Å². The van der Waals surface area contributed by atoms with Gasteiger partial charge in [0.1, 0.15) is 5.75 Å². The van der Waals surface area contributed by atoms with E-state index in [1.54, 1.807) is 0 Å². The number of benzene rings is 2. The van der Waals surface area contributed by atoms with E-state index in [0.717, 1.165) is 13.4 Å². The van der Waals surface area contributed by atoms with E-state index < -0.39 is 32.4 Å². The second-order valence-corrected chi connectivity index (χ2v) is 9.60.